The van der Waals surface area contributed by atoms with E-state index in [-0.39, 0.29) is 35.8 Å². The second-order valence-corrected chi connectivity index (χ2v) is 6.81. The van der Waals surface area contributed by atoms with Crippen LogP contribution in [-0.4, -0.2) is 52.5 Å². The molecule has 0 amide bonds. The molecule has 0 radical (unpaired) electrons. The number of nitrogens with zero attached hydrogens (tertiary/aromatic N) is 2. The summed E-state index contributed by atoms with van der Waals surface area (Å²) >= 11 is 0. The molecule has 0 unspecified atom stereocenters. The summed E-state index contributed by atoms with van der Waals surface area (Å²) in [5.41, 5.74) is 0.825. The lowest BCUT2D eigenvalue weighted by atomic mass is 10.1. The van der Waals surface area contributed by atoms with Gasteiger partial charge in [0.05, 0.1) is 24.8 Å². The fourth-order valence-electron chi connectivity index (χ4n) is 3.42. The highest BCUT2D eigenvalue weighted by atomic mass is 19.1. The van der Waals surface area contributed by atoms with E-state index in [0.29, 0.717) is 23.6 Å². The minimum absolute atomic E-state index is 0.0393. The Morgan fingerprint density at radius 1 is 1.25 bits per heavy atom. The normalized spacial score (nSPS) is 19.1. The maximum atomic E-state index is 13.7. The first-order chi connectivity index (χ1) is 13.6. The summed E-state index contributed by atoms with van der Waals surface area (Å²) in [7, 11) is 1.57. The number of benzene rings is 2. The molecule has 7 nitrogen and oxygen atoms in total. The average molecular weight is 384 g/mol. The van der Waals surface area contributed by atoms with Gasteiger partial charge < -0.3 is 25.6 Å². The molecule has 8 heteroatoms. The van der Waals surface area contributed by atoms with Crippen molar-refractivity contribution in [2.24, 2.45) is 0 Å². The van der Waals surface area contributed by atoms with Crippen molar-refractivity contribution in [2.45, 2.75) is 18.5 Å². The highest BCUT2D eigenvalue weighted by Gasteiger charge is 2.24. The van der Waals surface area contributed by atoms with Gasteiger partial charge in [0.15, 0.2) is 5.82 Å². The molecule has 0 spiro atoms. The number of ether oxygens (including phenoxy) is 1. The van der Waals surface area contributed by atoms with Crippen molar-refractivity contribution >= 4 is 16.7 Å². The summed E-state index contributed by atoms with van der Waals surface area (Å²) in [4.78, 5) is 9.07. The van der Waals surface area contributed by atoms with Gasteiger partial charge in [-0.05, 0) is 36.8 Å². The number of aliphatic hydroxyl groups is 1. The summed E-state index contributed by atoms with van der Waals surface area (Å²) in [5, 5.41) is 26.9. The molecule has 1 saturated heterocycles. The molecular weight excluding hydrogens is 363 g/mol. The molecule has 1 aliphatic rings. The number of phenolic OH excluding ortho intramolecular Hbond substituents is 1. The van der Waals surface area contributed by atoms with E-state index in [2.05, 4.69) is 20.6 Å². The van der Waals surface area contributed by atoms with Crippen molar-refractivity contribution < 1.29 is 19.3 Å². The van der Waals surface area contributed by atoms with Gasteiger partial charge in [0.1, 0.15) is 23.1 Å². The van der Waals surface area contributed by atoms with E-state index in [1.807, 2.05) is 12.1 Å². The first-order valence-electron chi connectivity index (χ1n) is 9.03. The zero-order valence-corrected chi connectivity index (χ0v) is 15.3. The molecule has 2 heterocycles. The van der Waals surface area contributed by atoms with Crippen LogP contribution >= 0.6 is 0 Å². The Balaban J connectivity index is 1.81. The number of phenols is 1. The van der Waals surface area contributed by atoms with Gasteiger partial charge >= 0.3 is 0 Å². The lowest BCUT2D eigenvalue weighted by molar-refractivity contribution is 0.254. The Morgan fingerprint density at radius 2 is 2.11 bits per heavy atom. The van der Waals surface area contributed by atoms with Crippen LogP contribution in [0.25, 0.3) is 22.3 Å². The Bertz CT molecular complexity index is 1010. The molecule has 4 N–H and O–H groups in total. The minimum Gasteiger partial charge on any atom is -0.507 e. The number of hydrogen-bond acceptors (Lipinski definition) is 7. The second-order valence-electron chi connectivity index (χ2n) is 6.81. The highest BCUT2D eigenvalue weighted by Crippen LogP contribution is 2.32. The molecule has 4 rings (SSSR count). The number of aliphatic hydroxyl groups excluding tert-OH is 1. The molecule has 3 aromatic rings. The van der Waals surface area contributed by atoms with Gasteiger partial charge in [0, 0.05) is 30.1 Å². The number of fused-ring (bicyclic) bond motifs is 1. The Hall–Kier alpha value is -2.97. The summed E-state index contributed by atoms with van der Waals surface area (Å²) in [6.45, 7) is 0.760. The van der Waals surface area contributed by atoms with Gasteiger partial charge in [-0.25, -0.2) is 14.4 Å². The van der Waals surface area contributed by atoms with Crippen LogP contribution in [0, 0.1) is 5.82 Å². The minimum atomic E-state index is -0.484. The van der Waals surface area contributed by atoms with Gasteiger partial charge in [-0.15, -0.1) is 0 Å². The molecule has 2 atom stereocenters. The number of rotatable bonds is 5. The smallest absolute Gasteiger partial charge is 0.165 e. The summed E-state index contributed by atoms with van der Waals surface area (Å²) in [6.07, 6.45) is 0.749. The number of halogens is 1. The van der Waals surface area contributed by atoms with Crippen molar-refractivity contribution in [3.05, 3.63) is 42.2 Å². The van der Waals surface area contributed by atoms with Crippen LogP contribution in [0.1, 0.15) is 6.42 Å². The summed E-state index contributed by atoms with van der Waals surface area (Å²) < 4.78 is 19.0. The molecule has 2 aromatic carbocycles. The first-order valence-corrected chi connectivity index (χ1v) is 9.03. The number of aromatic hydroxyl groups is 1. The maximum absolute atomic E-state index is 13.7. The summed E-state index contributed by atoms with van der Waals surface area (Å²) in [5.74, 6) is 0.843. The van der Waals surface area contributed by atoms with Gasteiger partial charge in [-0.2, -0.15) is 0 Å². The van der Waals surface area contributed by atoms with E-state index in [1.54, 1.807) is 13.2 Å². The SMILES string of the molecule is COc1ccc2c(N[C@@H]3CN[C@@H](CO)C3)nc(-c3cc(F)ccc3O)nc2c1. The number of methoxy groups -OCH3 is 1. The van der Waals surface area contributed by atoms with Crippen molar-refractivity contribution in [1.29, 1.82) is 0 Å². The Labute approximate surface area is 161 Å². The second kappa shape index (κ2) is 7.57. The number of aromatic nitrogens is 2. The van der Waals surface area contributed by atoms with E-state index in [9.17, 15) is 14.6 Å². The van der Waals surface area contributed by atoms with E-state index < -0.39 is 5.82 Å². The molecular formula is C20H21FN4O3. The third-order valence-corrected chi connectivity index (χ3v) is 4.89. The largest absolute Gasteiger partial charge is 0.507 e. The van der Waals surface area contributed by atoms with Gasteiger partial charge in [0.2, 0.25) is 0 Å². The molecule has 1 aromatic heterocycles. The predicted octanol–water partition coefficient (Wildman–Crippen LogP) is 2.28. The molecule has 0 aliphatic carbocycles. The van der Waals surface area contributed by atoms with Crippen LogP contribution in [0.2, 0.25) is 0 Å². The fourth-order valence-corrected chi connectivity index (χ4v) is 3.42. The van der Waals surface area contributed by atoms with E-state index >= 15 is 0 Å². The monoisotopic (exact) mass is 384 g/mol. The van der Waals surface area contributed by atoms with Crippen molar-refractivity contribution in [3.8, 4) is 22.9 Å². The molecule has 0 saturated carbocycles. The van der Waals surface area contributed by atoms with Crippen LogP contribution in [0.3, 0.4) is 0 Å². The molecule has 28 heavy (non-hydrogen) atoms. The topological polar surface area (TPSA) is 99.5 Å². The Kier molecular flexibility index (Phi) is 4.97. The first kappa shape index (κ1) is 18.4. The lowest BCUT2D eigenvalue weighted by Crippen LogP contribution is -2.25. The van der Waals surface area contributed by atoms with Crippen LogP contribution in [0.15, 0.2) is 36.4 Å². The van der Waals surface area contributed by atoms with Gasteiger partial charge in [-0.3, -0.25) is 0 Å². The molecule has 146 valence electrons. The van der Waals surface area contributed by atoms with Crippen molar-refractivity contribution in [3.63, 3.8) is 0 Å². The van der Waals surface area contributed by atoms with Crippen LogP contribution in [-0.2, 0) is 0 Å². The number of anilines is 1. The number of hydrogen-bond donors (Lipinski definition) is 4. The molecule has 1 aliphatic heterocycles. The third-order valence-electron chi connectivity index (χ3n) is 4.89. The average Bonchev–Trinajstić information content (AvgIpc) is 3.16. The van der Waals surface area contributed by atoms with E-state index in [1.165, 1.54) is 18.2 Å². The highest BCUT2D eigenvalue weighted by molar-refractivity contribution is 5.92. The lowest BCUT2D eigenvalue weighted by Gasteiger charge is -2.16. The van der Waals surface area contributed by atoms with Crippen LogP contribution in [0.5, 0.6) is 11.5 Å². The predicted molar refractivity (Wildman–Crippen MR) is 104 cm³/mol. The standard InChI is InChI=1S/C20H21FN4O3/c1-28-14-3-4-15-17(8-14)24-20(16-6-11(21)2-5-18(16)27)25-19(15)23-12-7-13(10-26)22-9-12/h2-6,8,12-13,22,26-27H,7,9-10H2,1H3,(H,23,24,25)/t12-,13+/m0/s1. The van der Waals surface area contributed by atoms with E-state index in [0.717, 1.165) is 11.8 Å². The Morgan fingerprint density at radius 3 is 2.86 bits per heavy atom. The van der Waals surface area contributed by atoms with Crippen LogP contribution in [0.4, 0.5) is 10.2 Å². The maximum Gasteiger partial charge on any atom is 0.165 e. The number of nitrogens with one attached hydrogen (secondary N) is 2. The van der Waals surface area contributed by atoms with E-state index in [4.69, 9.17) is 4.74 Å². The summed E-state index contributed by atoms with van der Waals surface area (Å²) in [6, 6.07) is 9.23. The fraction of sp³-hybridized carbons (Fsp3) is 0.300. The molecule has 0 bridgehead atoms. The van der Waals surface area contributed by atoms with Gasteiger partial charge in [0.25, 0.3) is 0 Å². The van der Waals surface area contributed by atoms with Crippen LogP contribution < -0.4 is 15.4 Å². The third kappa shape index (κ3) is 3.56. The zero-order valence-electron chi connectivity index (χ0n) is 15.3. The van der Waals surface area contributed by atoms with Crippen molar-refractivity contribution in [2.75, 3.05) is 25.6 Å². The van der Waals surface area contributed by atoms with Gasteiger partial charge in [-0.1, -0.05) is 0 Å². The van der Waals surface area contributed by atoms with Crippen molar-refractivity contribution in [1.82, 2.24) is 15.3 Å². The molecule has 1 fully saturated rings. The zero-order chi connectivity index (χ0) is 19.7. The quantitative estimate of drug-likeness (QED) is 0.536.